The number of allylic oxidation sites excluding steroid dienone is 1. The number of amides is 1. The molecule has 3 aromatic rings. The molecule has 0 fully saturated rings. The van der Waals surface area contributed by atoms with Crippen molar-refractivity contribution in [2.75, 3.05) is 13.2 Å². The highest BCUT2D eigenvalue weighted by Crippen LogP contribution is 2.23. The first kappa shape index (κ1) is 31.1. The number of aryl methyl sites for hydroxylation is 2. The van der Waals surface area contributed by atoms with E-state index < -0.39 is 0 Å². The molecular formula is C34H46N4O2. The van der Waals surface area contributed by atoms with Crippen LogP contribution in [0.25, 0.3) is 11.3 Å². The summed E-state index contributed by atoms with van der Waals surface area (Å²) < 4.78 is 5.92. The van der Waals surface area contributed by atoms with Crippen LogP contribution in [0.3, 0.4) is 0 Å². The molecule has 0 spiro atoms. The Labute approximate surface area is 240 Å². The number of carbonyl (C=O) groups is 1. The molecule has 3 atom stereocenters. The molecule has 0 aliphatic carbocycles. The molecule has 0 saturated carbocycles. The van der Waals surface area contributed by atoms with Crippen LogP contribution in [0.15, 0.2) is 79.5 Å². The monoisotopic (exact) mass is 542 g/mol. The number of hydrazine groups is 1. The minimum absolute atomic E-state index is 0.0216. The predicted molar refractivity (Wildman–Crippen MR) is 165 cm³/mol. The van der Waals surface area contributed by atoms with Crippen LogP contribution < -0.4 is 15.9 Å². The second kappa shape index (κ2) is 15.9. The van der Waals surface area contributed by atoms with Crippen molar-refractivity contribution in [1.29, 1.82) is 0 Å². The summed E-state index contributed by atoms with van der Waals surface area (Å²) >= 11 is 0. The van der Waals surface area contributed by atoms with E-state index in [2.05, 4.69) is 55.1 Å². The fraction of sp³-hybridized carbons (Fsp3) is 0.412. The zero-order chi connectivity index (χ0) is 28.9. The lowest BCUT2D eigenvalue weighted by atomic mass is 9.87. The molecule has 0 aliphatic rings. The Morgan fingerprint density at radius 3 is 2.45 bits per heavy atom. The fourth-order valence-electron chi connectivity index (χ4n) is 5.13. The molecule has 1 amide bonds. The van der Waals surface area contributed by atoms with Crippen molar-refractivity contribution in [3.8, 4) is 17.0 Å². The van der Waals surface area contributed by atoms with Gasteiger partial charge in [-0.25, -0.2) is 5.01 Å². The van der Waals surface area contributed by atoms with E-state index in [0.717, 1.165) is 59.4 Å². The van der Waals surface area contributed by atoms with Gasteiger partial charge in [0.15, 0.2) is 6.61 Å². The van der Waals surface area contributed by atoms with Crippen LogP contribution in [-0.4, -0.2) is 35.1 Å². The molecule has 214 valence electrons. The average Bonchev–Trinajstić information content (AvgIpc) is 2.94. The summed E-state index contributed by atoms with van der Waals surface area (Å²) in [4.78, 5) is 17.5. The smallest absolute Gasteiger partial charge is 0.272 e. The van der Waals surface area contributed by atoms with Crippen molar-refractivity contribution in [3.05, 3.63) is 96.2 Å². The molecule has 3 rings (SSSR count). The average molecular weight is 543 g/mol. The highest BCUT2D eigenvalue weighted by atomic mass is 16.5. The van der Waals surface area contributed by atoms with E-state index in [1.807, 2.05) is 61.3 Å². The summed E-state index contributed by atoms with van der Waals surface area (Å²) in [6, 6.07) is 20.2. The lowest BCUT2D eigenvalue weighted by Crippen LogP contribution is -2.48. The summed E-state index contributed by atoms with van der Waals surface area (Å²) in [6.07, 6.45) is 7.99. The van der Waals surface area contributed by atoms with Gasteiger partial charge in [-0.1, -0.05) is 81.3 Å². The molecule has 0 radical (unpaired) electrons. The number of nitrogens with two attached hydrogens (primary N) is 1. The molecule has 0 bridgehead atoms. The minimum atomic E-state index is -0.191. The topological polar surface area (TPSA) is 80.5 Å². The molecule has 1 heterocycles. The molecule has 0 saturated heterocycles. The van der Waals surface area contributed by atoms with Crippen molar-refractivity contribution < 1.29 is 9.53 Å². The van der Waals surface area contributed by atoms with Gasteiger partial charge in [-0.2, -0.15) is 0 Å². The third kappa shape index (κ3) is 9.61. The number of nitrogens with zero attached hydrogens (tertiary/aromatic N) is 2. The Morgan fingerprint density at radius 2 is 1.82 bits per heavy atom. The predicted octanol–water partition coefficient (Wildman–Crippen LogP) is 6.62. The molecule has 2 aromatic carbocycles. The van der Waals surface area contributed by atoms with E-state index in [1.165, 1.54) is 0 Å². The van der Waals surface area contributed by atoms with E-state index in [1.54, 1.807) is 6.20 Å². The normalized spacial score (nSPS) is 13.4. The maximum Gasteiger partial charge on any atom is 0.272 e. The van der Waals surface area contributed by atoms with Crippen molar-refractivity contribution in [2.45, 2.75) is 66.0 Å². The van der Waals surface area contributed by atoms with Gasteiger partial charge >= 0.3 is 0 Å². The molecule has 0 aliphatic heterocycles. The zero-order valence-electron chi connectivity index (χ0n) is 24.6. The second-order valence-electron chi connectivity index (χ2n) is 10.9. The van der Waals surface area contributed by atoms with Gasteiger partial charge in [0.25, 0.3) is 5.91 Å². The van der Waals surface area contributed by atoms with E-state index in [-0.39, 0.29) is 24.5 Å². The van der Waals surface area contributed by atoms with Crippen LogP contribution in [-0.2, 0) is 11.3 Å². The second-order valence-corrected chi connectivity index (χ2v) is 10.9. The fourth-order valence-corrected chi connectivity index (χ4v) is 5.13. The number of ether oxygens (including phenoxy) is 1. The number of pyridine rings is 1. The van der Waals surface area contributed by atoms with E-state index in [0.29, 0.717) is 19.0 Å². The van der Waals surface area contributed by atoms with Gasteiger partial charge in [-0.3, -0.25) is 15.2 Å². The summed E-state index contributed by atoms with van der Waals surface area (Å²) in [6.45, 7) is 13.4. The summed E-state index contributed by atoms with van der Waals surface area (Å²) in [7, 11) is 0. The van der Waals surface area contributed by atoms with E-state index >= 15 is 0 Å². The van der Waals surface area contributed by atoms with Crippen LogP contribution in [0.4, 0.5) is 0 Å². The standard InChI is InChI=1S/C34H46N4O2/c1-6-11-28(12-7-2)21-31(35)27(5)22-38(37-33(39)24-40-34-25(3)13-10-14-26(34)4)23-29-16-18-30(19-17-29)32-15-8-9-20-36-32/h6,8-10,13-20,27-28,31H,1,7,11-12,21-24,35H2,2-5H3,(H,37,39). The van der Waals surface area contributed by atoms with Crippen LogP contribution in [0.5, 0.6) is 5.75 Å². The van der Waals surface area contributed by atoms with Gasteiger partial charge in [0, 0.05) is 30.9 Å². The molecular weight excluding hydrogens is 496 g/mol. The molecule has 1 aromatic heterocycles. The zero-order valence-corrected chi connectivity index (χ0v) is 24.6. The Balaban J connectivity index is 1.70. The number of para-hydroxylation sites is 1. The first-order valence-electron chi connectivity index (χ1n) is 14.4. The first-order valence-corrected chi connectivity index (χ1v) is 14.4. The number of rotatable bonds is 16. The van der Waals surface area contributed by atoms with Crippen molar-refractivity contribution >= 4 is 5.91 Å². The summed E-state index contributed by atoms with van der Waals surface area (Å²) in [5, 5.41) is 1.97. The SMILES string of the molecule is C=CCC(CCC)CC(N)C(C)CN(Cc1ccc(-c2ccccn2)cc1)NC(=O)COc1c(C)cccc1C. The third-order valence-electron chi connectivity index (χ3n) is 7.37. The maximum absolute atomic E-state index is 13.0. The third-order valence-corrected chi connectivity index (χ3v) is 7.37. The Morgan fingerprint density at radius 1 is 1.10 bits per heavy atom. The van der Waals surface area contributed by atoms with Gasteiger partial charge in [0.05, 0.1) is 5.69 Å². The minimum Gasteiger partial charge on any atom is -0.483 e. The Kier molecular flexibility index (Phi) is 12.4. The molecule has 6 nitrogen and oxygen atoms in total. The van der Waals surface area contributed by atoms with E-state index in [4.69, 9.17) is 10.5 Å². The maximum atomic E-state index is 13.0. The molecule has 3 unspecified atom stereocenters. The highest BCUT2D eigenvalue weighted by molar-refractivity contribution is 5.77. The lowest BCUT2D eigenvalue weighted by Gasteiger charge is -2.30. The van der Waals surface area contributed by atoms with Crippen molar-refractivity contribution in [2.24, 2.45) is 17.6 Å². The number of hydrogen-bond acceptors (Lipinski definition) is 5. The summed E-state index contributed by atoms with van der Waals surface area (Å²) in [5.74, 6) is 1.28. The van der Waals surface area contributed by atoms with Crippen LogP contribution >= 0.6 is 0 Å². The van der Waals surface area contributed by atoms with Crippen molar-refractivity contribution in [3.63, 3.8) is 0 Å². The number of nitrogens with one attached hydrogen (secondary N) is 1. The number of carbonyl (C=O) groups excluding carboxylic acids is 1. The molecule has 3 N–H and O–H groups in total. The van der Waals surface area contributed by atoms with Gasteiger partial charge < -0.3 is 10.5 Å². The van der Waals surface area contributed by atoms with Gasteiger partial charge in [-0.15, -0.1) is 6.58 Å². The Hall–Kier alpha value is -3.48. The largest absolute Gasteiger partial charge is 0.483 e. The first-order chi connectivity index (χ1) is 19.3. The van der Waals surface area contributed by atoms with Gasteiger partial charge in [0.2, 0.25) is 0 Å². The number of aromatic nitrogens is 1. The molecule has 40 heavy (non-hydrogen) atoms. The lowest BCUT2D eigenvalue weighted by molar-refractivity contribution is -0.128. The van der Waals surface area contributed by atoms with Crippen molar-refractivity contribution in [1.82, 2.24) is 15.4 Å². The van der Waals surface area contributed by atoms with Crippen LogP contribution in [0, 0.1) is 25.7 Å². The van der Waals surface area contributed by atoms with Gasteiger partial charge in [-0.05, 0) is 67.3 Å². The quantitative estimate of drug-likeness (QED) is 0.157. The summed E-state index contributed by atoms with van der Waals surface area (Å²) in [5.41, 5.74) is 14.9. The van der Waals surface area contributed by atoms with Gasteiger partial charge in [0.1, 0.15) is 5.75 Å². The number of benzene rings is 2. The van der Waals surface area contributed by atoms with Crippen LogP contribution in [0.1, 0.15) is 56.2 Å². The molecule has 6 heteroatoms. The number of hydrogen-bond donors (Lipinski definition) is 2. The highest BCUT2D eigenvalue weighted by Gasteiger charge is 2.22. The van der Waals surface area contributed by atoms with Crippen LogP contribution in [0.2, 0.25) is 0 Å². The Bertz CT molecular complexity index is 1180. The van der Waals surface area contributed by atoms with E-state index in [9.17, 15) is 4.79 Å².